The standard InChI is InChI=1S/C8H11N3O/c1-6-5-7(2)11(10-6)8(12)3-4-9/h5-6,10H,3H2,1-2H3. The largest absolute Gasteiger partial charge is 0.272 e. The third-order valence-corrected chi connectivity index (χ3v) is 1.66. The van der Waals surface area contributed by atoms with Gasteiger partial charge in [-0.2, -0.15) is 5.26 Å². The molecule has 1 atom stereocenters. The Balaban J connectivity index is 2.62. The highest BCUT2D eigenvalue weighted by Crippen LogP contribution is 2.11. The van der Waals surface area contributed by atoms with Crippen molar-refractivity contribution in [3.63, 3.8) is 0 Å². The van der Waals surface area contributed by atoms with E-state index in [0.29, 0.717) is 0 Å². The number of allylic oxidation sites excluding steroid dienone is 1. The second kappa shape index (κ2) is 3.37. The van der Waals surface area contributed by atoms with Gasteiger partial charge in [0.2, 0.25) is 0 Å². The molecule has 1 N–H and O–H groups in total. The number of carbonyl (C=O) groups is 1. The molecule has 0 bridgehead atoms. The molecule has 4 nitrogen and oxygen atoms in total. The molecule has 1 rings (SSSR count). The molecule has 0 spiro atoms. The van der Waals surface area contributed by atoms with E-state index in [1.165, 1.54) is 5.01 Å². The van der Waals surface area contributed by atoms with Crippen molar-refractivity contribution in [3.8, 4) is 6.07 Å². The first-order valence-corrected chi connectivity index (χ1v) is 3.79. The molecule has 0 fully saturated rings. The van der Waals surface area contributed by atoms with Crippen molar-refractivity contribution in [2.75, 3.05) is 0 Å². The Bertz CT molecular complexity index is 264. The molecule has 64 valence electrons. The average Bonchev–Trinajstić information content (AvgIpc) is 2.30. The van der Waals surface area contributed by atoms with Gasteiger partial charge in [0.25, 0.3) is 5.91 Å². The summed E-state index contributed by atoms with van der Waals surface area (Å²) < 4.78 is 0. The van der Waals surface area contributed by atoms with Crippen LogP contribution in [0, 0.1) is 11.3 Å². The first kappa shape index (κ1) is 8.75. The predicted molar refractivity (Wildman–Crippen MR) is 43.4 cm³/mol. The molecule has 0 saturated heterocycles. The maximum atomic E-state index is 11.2. The minimum Gasteiger partial charge on any atom is -0.272 e. The lowest BCUT2D eigenvalue weighted by Gasteiger charge is -2.17. The van der Waals surface area contributed by atoms with E-state index in [0.717, 1.165) is 5.70 Å². The normalized spacial score (nSPS) is 21.9. The molecule has 0 radical (unpaired) electrons. The van der Waals surface area contributed by atoms with Gasteiger partial charge in [0.05, 0.1) is 6.07 Å². The SMILES string of the molecule is CC1=CC(C)NN1C(=O)CC#N. The van der Waals surface area contributed by atoms with Crippen molar-refractivity contribution in [2.45, 2.75) is 26.3 Å². The van der Waals surface area contributed by atoms with Crippen LogP contribution >= 0.6 is 0 Å². The van der Waals surface area contributed by atoms with Gasteiger partial charge in [0.1, 0.15) is 6.42 Å². The number of hydrogen-bond donors (Lipinski definition) is 1. The summed E-state index contributed by atoms with van der Waals surface area (Å²) in [6.45, 7) is 3.79. The number of nitriles is 1. The Kier molecular flexibility index (Phi) is 2.46. The van der Waals surface area contributed by atoms with Gasteiger partial charge in [-0.3, -0.25) is 4.79 Å². The van der Waals surface area contributed by atoms with Crippen LogP contribution in [0.4, 0.5) is 0 Å². The second-order valence-electron chi connectivity index (χ2n) is 2.79. The Morgan fingerprint density at radius 1 is 1.92 bits per heavy atom. The minimum atomic E-state index is -0.199. The Morgan fingerprint density at radius 2 is 2.58 bits per heavy atom. The molecule has 0 aromatic carbocycles. The van der Waals surface area contributed by atoms with E-state index >= 15 is 0 Å². The van der Waals surface area contributed by atoms with Gasteiger partial charge in [-0.1, -0.05) is 0 Å². The van der Waals surface area contributed by atoms with E-state index in [2.05, 4.69) is 5.43 Å². The summed E-state index contributed by atoms with van der Waals surface area (Å²) in [6, 6.07) is 2.00. The Hall–Kier alpha value is -1.34. The molecule has 1 amide bonds. The predicted octanol–water partition coefficient (Wildman–Crippen LogP) is 0.539. The molecular weight excluding hydrogens is 154 g/mol. The van der Waals surface area contributed by atoms with Gasteiger partial charge >= 0.3 is 0 Å². The summed E-state index contributed by atoms with van der Waals surface area (Å²) in [5.74, 6) is -0.199. The zero-order chi connectivity index (χ0) is 9.14. The maximum absolute atomic E-state index is 11.2. The molecular formula is C8H11N3O. The van der Waals surface area contributed by atoms with Crippen molar-refractivity contribution < 1.29 is 4.79 Å². The Morgan fingerprint density at radius 3 is 3.00 bits per heavy atom. The average molecular weight is 165 g/mol. The van der Waals surface area contributed by atoms with E-state index in [4.69, 9.17) is 5.26 Å². The number of nitrogens with one attached hydrogen (secondary N) is 1. The van der Waals surface area contributed by atoms with Crippen molar-refractivity contribution >= 4 is 5.91 Å². The summed E-state index contributed by atoms with van der Waals surface area (Å²) in [6.07, 6.45) is 1.86. The summed E-state index contributed by atoms with van der Waals surface area (Å²) in [4.78, 5) is 11.2. The highest BCUT2D eigenvalue weighted by atomic mass is 16.2. The van der Waals surface area contributed by atoms with Crippen LogP contribution in [0.3, 0.4) is 0 Å². The number of hydrogen-bond acceptors (Lipinski definition) is 3. The fourth-order valence-electron chi connectivity index (χ4n) is 1.19. The number of hydrazine groups is 1. The molecule has 0 aromatic heterocycles. The van der Waals surface area contributed by atoms with Crippen molar-refractivity contribution in [1.29, 1.82) is 5.26 Å². The van der Waals surface area contributed by atoms with E-state index in [9.17, 15) is 4.79 Å². The van der Waals surface area contributed by atoms with Crippen molar-refractivity contribution in [1.82, 2.24) is 10.4 Å². The van der Waals surface area contributed by atoms with Crippen LogP contribution in [0.2, 0.25) is 0 Å². The first-order chi connectivity index (χ1) is 5.65. The highest BCUT2D eigenvalue weighted by Gasteiger charge is 2.21. The Labute approximate surface area is 71.4 Å². The zero-order valence-electron chi connectivity index (χ0n) is 7.16. The smallest absolute Gasteiger partial charge is 0.255 e. The molecule has 0 aromatic rings. The molecule has 12 heavy (non-hydrogen) atoms. The van der Waals surface area contributed by atoms with Crippen molar-refractivity contribution in [2.24, 2.45) is 0 Å². The third kappa shape index (κ3) is 1.63. The second-order valence-corrected chi connectivity index (χ2v) is 2.79. The fourth-order valence-corrected chi connectivity index (χ4v) is 1.19. The van der Waals surface area contributed by atoms with Crippen LogP contribution in [0.5, 0.6) is 0 Å². The van der Waals surface area contributed by atoms with Gasteiger partial charge in [-0.25, -0.2) is 10.4 Å². The lowest BCUT2D eigenvalue weighted by molar-refractivity contribution is -0.130. The molecule has 1 aliphatic heterocycles. The topological polar surface area (TPSA) is 56.1 Å². The highest BCUT2D eigenvalue weighted by molar-refractivity contribution is 5.79. The van der Waals surface area contributed by atoms with E-state index in [-0.39, 0.29) is 18.4 Å². The van der Waals surface area contributed by atoms with Gasteiger partial charge < -0.3 is 0 Å². The first-order valence-electron chi connectivity index (χ1n) is 3.79. The third-order valence-electron chi connectivity index (χ3n) is 1.66. The summed E-state index contributed by atoms with van der Waals surface area (Å²) in [7, 11) is 0. The quantitative estimate of drug-likeness (QED) is 0.617. The number of rotatable bonds is 1. The molecule has 0 aliphatic carbocycles. The lowest BCUT2D eigenvalue weighted by atomic mass is 10.3. The van der Waals surface area contributed by atoms with E-state index in [1.807, 2.05) is 26.0 Å². The minimum absolute atomic E-state index is 0.0785. The molecule has 1 unspecified atom stereocenters. The van der Waals surface area contributed by atoms with Gasteiger partial charge in [0, 0.05) is 11.7 Å². The fraction of sp³-hybridized carbons (Fsp3) is 0.500. The monoisotopic (exact) mass is 165 g/mol. The molecule has 0 saturated carbocycles. The molecule has 1 heterocycles. The molecule has 4 heteroatoms. The van der Waals surface area contributed by atoms with Crippen LogP contribution < -0.4 is 5.43 Å². The van der Waals surface area contributed by atoms with Gasteiger partial charge in [0.15, 0.2) is 0 Å². The van der Waals surface area contributed by atoms with E-state index < -0.39 is 0 Å². The molecule has 1 aliphatic rings. The van der Waals surface area contributed by atoms with Crippen LogP contribution in [0.25, 0.3) is 0 Å². The van der Waals surface area contributed by atoms with Crippen LogP contribution in [0.15, 0.2) is 11.8 Å². The number of carbonyl (C=O) groups excluding carboxylic acids is 1. The number of nitrogens with zero attached hydrogens (tertiary/aromatic N) is 2. The van der Waals surface area contributed by atoms with Crippen LogP contribution in [0.1, 0.15) is 20.3 Å². The van der Waals surface area contributed by atoms with E-state index in [1.54, 1.807) is 0 Å². The van der Waals surface area contributed by atoms with Crippen LogP contribution in [-0.4, -0.2) is 17.0 Å². The van der Waals surface area contributed by atoms with Crippen molar-refractivity contribution in [3.05, 3.63) is 11.8 Å². The maximum Gasteiger partial charge on any atom is 0.255 e. The summed E-state index contributed by atoms with van der Waals surface area (Å²) >= 11 is 0. The summed E-state index contributed by atoms with van der Waals surface area (Å²) in [5, 5.41) is 9.73. The lowest BCUT2D eigenvalue weighted by Crippen LogP contribution is -2.39. The zero-order valence-corrected chi connectivity index (χ0v) is 7.16. The van der Waals surface area contributed by atoms with Gasteiger partial charge in [-0.05, 0) is 19.9 Å². The summed E-state index contributed by atoms with van der Waals surface area (Å²) in [5.41, 5.74) is 3.79. The number of amides is 1. The van der Waals surface area contributed by atoms with Gasteiger partial charge in [-0.15, -0.1) is 0 Å². The van der Waals surface area contributed by atoms with Crippen LogP contribution in [-0.2, 0) is 4.79 Å².